The number of para-hydroxylation sites is 4. The minimum absolute atomic E-state index is 0.731. The lowest BCUT2D eigenvalue weighted by Crippen LogP contribution is -1.98. The molecule has 0 bridgehead atoms. The number of nitrogens with zero attached hydrogens (tertiary/aromatic N) is 5. The van der Waals surface area contributed by atoms with Crippen LogP contribution < -0.4 is 0 Å². The number of aromatic nitrogens is 5. The van der Waals surface area contributed by atoms with Crippen molar-refractivity contribution in [3.05, 3.63) is 248 Å². The monoisotopic (exact) mass is 907 g/mol. The highest BCUT2D eigenvalue weighted by Gasteiger charge is 2.20. The average molecular weight is 908 g/mol. The van der Waals surface area contributed by atoms with Gasteiger partial charge in [-0.05, 0) is 115 Å². The molecule has 5 heteroatoms. The summed E-state index contributed by atoms with van der Waals surface area (Å²) in [6.45, 7) is 4.26. The van der Waals surface area contributed by atoms with Crippen LogP contribution in [-0.2, 0) is 0 Å². The molecule has 0 saturated carbocycles. The van der Waals surface area contributed by atoms with Gasteiger partial charge in [-0.1, -0.05) is 158 Å². The van der Waals surface area contributed by atoms with E-state index in [1.807, 2.05) is 0 Å². The molecule has 14 aromatic rings. The van der Waals surface area contributed by atoms with Crippen molar-refractivity contribution in [1.29, 1.82) is 0 Å². The van der Waals surface area contributed by atoms with E-state index >= 15 is 0 Å². The quantitative estimate of drug-likeness (QED) is 0.160. The summed E-state index contributed by atoms with van der Waals surface area (Å²) in [4.78, 5) is 10.3. The Bertz CT molecular complexity index is 4070. The number of aryl methyl sites for hydroxylation is 2. The SMILES string of the molecule is Cc1ccccc1-c1cc(-c2ccc(-c3ccc(-n4c5ccc(-n6c7ccccc7c7ccccc76)cc5c5cc(-n6c7ccccc7c7ccccc76)ccc54)cc3)cc2)nc(-c2ccccc2C)n1. The lowest BCUT2D eigenvalue weighted by Gasteiger charge is -2.13. The molecular weight excluding hydrogens is 863 g/mol. The van der Waals surface area contributed by atoms with Gasteiger partial charge < -0.3 is 13.7 Å². The second kappa shape index (κ2) is 16.2. The third-order valence-corrected chi connectivity index (χ3v) is 14.6. The summed E-state index contributed by atoms with van der Waals surface area (Å²) in [6.07, 6.45) is 0. The molecule has 0 atom stereocenters. The van der Waals surface area contributed by atoms with Crippen molar-refractivity contribution in [2.45, 2.75) is 13.8 Å². The van der Waals surface area contributed by atoms with E-state index in [0.717, 1.165) is 78.7 Å². The maximum Gasteiger partial charge on any atom is 0.160 e. The van der Waals surface area contributed by atoms with Crippen molar-refractivity contribution >= 4 is 65.4 Å². The second-order valence-electron chi connectivity index (χ2n) is 18.7. The lowest BCUT2D eigenvalue weighted by molar-refractivity contribution is 1.16. The fraction of sp³-hybridized carbons (Fsp3) is 0.0303. The van der Waals surface area contributed by atoms with Crippen LogP contribution >= 0.6 is 0 Å². The van der Waals surface area contributed by atoms with E-state index in [1.54, 1.807) is 0 Å². The van der Waals surface area contributed by atoms with Crippen molar-refractivity contribution in [3.8, 4) is 62.1 Å². The molecule has 4 aromatic heterocycles. The van der Waals surface area contributed by atoms with E-state index in [2.05, 4.69) is 264 Å². The Hall–Kier alpha value is -9.32. The number of rotatable bonds is 7. The zero-order valence-corrected chi connectivity index (χ0v) is 39.3. The smallest absolute Gasteiger partial charge is 0.160 e. The Labute approximate surface area is 410 Å². The van der Waals surface area contributed by atoms with Crippen LogP contribution in [0.1, 0.15) is 11.1 Å². The Balaban J connectivity index is 0.889. The van der Waals surface area contributed by atoms with Gasteiger partial charge in [0.15, 0.2) is 5.82 Å². The summed E-state index contributed by atoms with van der Waals surface area (Å²) in [7, 11) is 0. The molecular formula is C66H45N5. The molecule has 0 saturated heterocycles. The molecule has 5 nitrogen and oxygen atoms in total. The largest absolute Gasteiger partial charge is 0.309 e. The minimum Gasteiger partial charge on any atom is -0.309 e. The predicted molar refractivity (Wildman–Crippen MR) is 296 cm³/mol. The van der Waals surface area contributed by atoms with Gasteiger partial charge in [0.2, 0.25) is 0 Å². The topological polar surface area (TPSA) is 40.6 Å². The lowest BCUT2D eigenvalue weighted by atomic mass is 10.00. The minimum atomic E-state index is 0.731. The van der Waals surface area contributed by atoms with Gasteiger partial charge in [0.1, 0.15) is 0 Å². The fourth-order valence-corrected chi connectivity index (χ4v) is 11.1. The van der Waals surface area contributed by atoms with Crippen LogP contribution in [0.25, 0.3) is 128 Å². The van der Waals surface area contributed by atoms with Crippen molar-refractivity contribution in [3.63, 3.8) is 0 Å². The molecule has 0 radical (unpaired) electrons. The molecule has 0 spiro atoms. The van der Waals surface area contributed by atoms with Crippen molar-refractivity contribution in [2.24, 2.45) is 0 Å². The number of hydrogen-bond donors (Lipinski definition) is 0. The highest BCUT2D eigenvalue weighted by molar-refractivity contribution is 6.14. The molecule has 334 valence electrons. The molecule has 0 unspecified atom stereocenters. The molecule has 0 amide bonds. The Morgan fingerprint density at radius 2 is 0.620 bits per heavy atom. The van der Waals surface area contributed by atoms with Gasteiger partial charge >= 0.3 is 0 Å². The van der Waals surface area contributed by atoms with Gasteiger partial charge in [0.25, 0.3) is 0 Å². The summed E-state index contributed by atoms with van der Waals surface area (Å²) in [5.41, 5.74) is 20.1. The fourth-order valence-electron chi connectivity index (χ4n) is 11.1. The van der Waals surface area contributed by atoms with E-state index < -0.39 is 0 Å². The first kappa shape index (κ1) is 40.7. The van der Waals surface area contributed by atoms with E-state index in [0.29, 0.717) is 0 Å². The maximum absolute atomic E-state index is 5.16. The Morgan fingerprint density at radius 3 is 1.10 bits per heavy atom. The van der Waals surface area contributed by atoms with Gasteiger partial charge in [0.05, 0.1) is 44.5 Å². The molecule has 0 aliphatic carbocycles. The predicted octanol–water partition coefficient (Wildman–Crippen LogP) is 17.1. The van der Waals surface area contributed by atoms with Crippen LogP contribution in [0.4, 0.5) is 0 Å². The second-order valence-corrected chi connectivity index (χ2v) is 18.7. The van der Waals surface area contributed by atoms with Gasteiger partial charge in [-0.2, -0.15) is 0 Å². The molecule has 0 N–H and O–H groups in total. The van der Waals surface area contributed by atoms with Gasteiger partial charge in [0, 0.05) is 66.1 Å². The van der Waals surface area contributed by atoms with Gasteiger partial charge in [-0.15, -0.1) is 0 Å². The van der Waals surface area contributed by atoms with Crippen LogP contribution in [0.2, 0.25) is 0 Å². The Morgan fingerprint density at radius 1 is 0.268 bits per heavy atom. The summed E-state index contributed by atoms with van der Waals surface area (Å²) in [5.74, 6) is 0.731. The van der Waals surface area contributed by atoms with Crippen LogP contribution in [0.15, 0.2) is 237 Å². The van der Waals surface area contributed by atoms with E-state index in [4.69, 9.17) is 9.97 Å². The highest BCUT2D eigenvalue weighted by Crippen LogP contribution is 2.40. The van der Waals surface area contributed by atoms with Crippen LogP contribution in [0.3, 0.4) is 0 Å². The first-order valence-corrected chi connectivity index (χ1v) is 24.3. The summed E-state index contributed by atoms with van der Waals surface area (Å²) in [6, 6.07) is 85.7. The first-order chi connectivity index (χ1) is 35.0. The number of benzene rings is 10. The third kappa shape index (κ3) is 6.54. The standard InChI is InChI=1S/C66H45N5/c1-42-15-3-5-17-50(42)59-41-58(67-66(68-59)51-18-6-4-16-43(51)2)46-29-27-44(28-30-46)45-31-33-47(34-32-45)69-64-37-35-48(70-60-23-11-7-19-52(60)53-20-8-12-24-61(53)70)39-56(64)57-40-49(36-38-65(57)69)71-62-25-13-9-21-54(62)55-22-10-14-26-63(55)71/h3-41H,1-2H3. The average Bonchev–Trinajstić information content (AvgIpc) is 4.06. The van der Waals surface area contributed by atoms with Crippen LogP contribution in [0.5, 0.6) is 0 Å². The van der Waals surface area contributed by atoms with E-state index in [9.17, 15) is 0 Å². The van der Waals surface area contributed by atoms with Crippen LogP contribution in [0, 0.1) is 13.8 Å². The van der Waals surface area contributed by atoms with Crippen molar-refractivity contribution in [1.82, 2.24) is 23.7 Å². The number of fused-ring (bicyclic) bond motifs is 9. The molecule has 14 rings (SSSR count). The number of hydrogen-bond acceptors (Lipinski definition) is 2. The van der Waals surface area contributed by atoms with Gasteiger partial charge in [-0.3, -0.25) is 0 Å². The van der Waals surface area contributed by atoms with Gasteiger partial charge in [-0.25, -0.2) is 9.97 Å². The normalized spacial score (nSPS) is 11.8. The zero-order valence-electron chi connectivity index (χ0n) is 39.3. The molecule has 71 heavy (non-hydrogen) atoms. The first-order valence-electron chi connectivity index (χ1n) is 24.3. The zero-order chi connectivity index (χ0) is 47.2. The summed E-state index contributed by atoms with van der Waals surface area (Å²) in [5, 5.41) is 7.40. The van der Waals surface area contributed by atoms with Crippen molar-refractivity contribution < 1.29 is 0 Å². The highest BCUT2D eigenvalue weighted by atomic mass is 15.0. The molecule has 0 aliphatic rings. The molecule has 10 aromatic carbocycles. The maximum atomic E-state index is 5.16. The summed E-state index contributed by atoms with van der Waals surface area (Å²) < 4.78 is 7.26. The van der Waals surface area contributed by atoms with Crippen molar-refractivity contribution in [2.75, 3.05) is 0 Å². The van der Waals surface area contributed by atoms with E-state index in [1.165, 1.54) is 59.9 Å². The summed E-state index contributed by atoms with van der Waals surface area (Å²) >= 11 is 0. The molecule has 0 aliphatic heterocycles. The molecule has 4 heterocycles. The van der Waals surface area contributed by atoms with E-state index in [-0.39, 0.29) is 0 Å². The van der Waals surface area contributed by atoms with Crippen LogP contribution in [-0.4, -0.2) is 23.7 Å². The molecule has 0 fully saturated rings. The third-order valence-electron chi connectivity index (χ3n) is 14.6. The Kier molecular flexibility index (Phi) is 9.26.